The van der Waals surface area contributed by atoms with Gasteiger partial charge in [-0.15, -0.1) is 0 Å². The van der Waals surface area contributed by atoms with Crippen LogP contribution in [-0.4, -0.2) is 29.7 Å². The maximum Gasteiger partial charge on any atom is 0.433 e. The van der Waals surface area contributed by atoms with Crippen molar-refractivity contribution in [3.05, 3.63) is 47.2 Å². The molecule has 0 spiro atoms. The summed E-state index contributed by atoms with van der Waals surface area (Å²) in [5, 5.41) is 0. The Labute approximate surface area is 154 Å². The maximum atomic E-state index is 13.0. The van der Waals surface area contributed by atoms with Gasteiger partial charge in [-0.2, -0.15) is 23.1 Å². The van der Waals surface area contributed by atoms with Gasteiger partial charge in [-0.25, -0.2) is 0 Å². The lowest BCUT2D eigenvalue weighted by Crippen LogP contribution is -2.12. The van der Waals surface area contributed by atoms with Crippen molar-refractivity contribution in [2.75, 3.05) is 13.7 Å². The number of rotatable bonds is 8. The monoisotopic (exact) mass is 384 g/mol. The van der Waals surface area contributed by atoms with Gasteiger partial charge in [0.05, 0.1) is 20.1 Å². The molecular weight excluding hydrogens is 365 g/mol. The summed E-state index contributed by atoms with van der Waals surface area (Å²) in [4.78, 5) is 18.7. The Kier molecular flexibility index (Phi) is 6.98. The highest BCUT2D eigenvalue weighted by Gasteiger charge is 2.34. The van der Waals surface area contributed by atoms with Gasteiger partial charge in [-0.1, -0.05) is 31.2 Å². The average molecular weight is 384 g/mol. The van der Waals surface area contributed by atoms with E-state index in [2.05, 4.69) is 14.7 Å². The van der Waals surface area contributed by atoms with Crippen molar-refractivity contribution < 1.29 is 32.2 Å². The molecule has 0 bridgehead atoms. The minimum Gasteiger partial charge on any atom is -0.473 e. The van der Waals surface area contributed by atoms with Gasteiger partial charge in [0.25, 0.3) is 0 Å². The van der Waals surface area contributed by atoms with E-state index in [0.29, 0.717) is 23.6 Å². The Morgan fingerprint density at radius 1 is 1.11 bits per heavy atom. The molecule has 6 nitrogen and oxygen atoms in total. The Hall–Kier alpha value is -2.84. The van der Waals surface area contributed by atoms with Crippen LogP contribution in [0.4, 0.5) is 13.2 Å². The molecule has 9 heteroatoms. The number of carbonyl (C=O) groups is 1. The van der Waals surface area contributed by atoms with Crippen LogP contribution in [0.5, 0.6) is 11.9 Å². The van der Waals surface area contributed by atoms with Crippen LogP contribution in [0.15, 0.2) is 30.3 Å². The molecular formula is C18H19F3N2O4. The van der Waals surface area contributed by atoms with Gasteiger partial charge in [0.1, 0.15) is 6.61 Å². The van der Waals surface area contributed by atoms with E-state index in [1.807, 2.05) is 6.92 Å². The third-order valence-electron chi connectivity index (χ3n) is 3.46. The second-order valence-corrected chi connectivity index (χ2v) is 5.53. The number of esters is 1. The van der Waals surface area contributed by atoms with E-state index in [1.165, 1.54) is 7.11 Å². The molecule has 1 aromatic heterocycles. The number of halogens is 3. The topological polar surface area (TPSA) is 70.5 Å². The molecule has 27 heavy (non-hydrogen) atoms. The average Bonchev–Trinajstić information content (AvgIpc) is 2.64. The predicted octanol–water partition coefficient (Wildman–Crippen LogP) is 3.58. The van der Waals surface area contributed by atoms with Gasteiger partial charge in [-0.05, 0) is 17.5 Å². The number of alkyl halides is 3. The first-order chi connectivity index (χ1) is 12.8. The molecule has 0 aliphatic carbocycles. The van der Waals surface area contributed by atoms with Crippen molar-refractivity contribution in [1.29, 1.82) is 0 Å². The molecule has 0 aliphatic heterocycles. The van der Waals surface area contributed by atoms with E-state index in [-0.39, 0.29) is 25.5 Å². The van der Waals surface area contributed by atoms with Crippen LogP contribution in [-0.2, 0) is 28.7 Å². The fraction of sp³-hybridized carbons (Fsp3) is 0.389. The van der Waals surface area contributed by atoms with Crippen molar-refractivity contribution >= 4 is 5.97 Å². The van der Waals surface area contributed by atoms with Crippen LogP contribution in [0.3, 0.4) is 0 Å². The third-order valence-corrected chi connectivity index (χ3v) is 3.46. The van der Waals surface area contributed by atoms with Crippen LogP contribution < -0.4 is 9.47 Å². The van der Waals surface area contributed by atoms with Crippen LogP contribution in [0.2, 0.25) is 0 Å². The first kappa shape index (κ1) is 20.5. The van der Waals surface area contributed by atoms with Crippen molar-refractivity contribution in [1.82, 2.24) is 9.97 Å². The van der Waals surface area contributed by atoms with E-state index in [4.69, 9.17) is 9.47 Å². The Morgan fingerprint density at radius 2 is 1.81 bits per heavy atom. The summed E-state index contributed by atoms with van der Waals surface area (Å²) in [5.41, 5.74) is 0.129. The number of aromatic nitrogens is 2. The fourth-order valence-corrected chi connectivity index (χ4v) is 2.13. The summed E-state index contributed by atoms with van der Waals surface area (Å²) >= 11 is 0. The number of methoxy groups -OCH3 is 1. The molecule has 2 rings (SSSR count). The Morgan fingerprint density at radius 3 is 2.44 bits per heavy atom. The number of benzene rings is 1. The zero-order valence-corrected chi connectivity index (χ0v) is 14.9. The summed E-state index contributed by atoms with van der Waals surface area (Å²) in [6, 6.07) is 7.21. The zero-order chi connectivity index (χ0) is 19.9. The van der Waals surface area contributed by atoms with Crippen LogP contribution in [0.25, 0.3) is 0 Å². The summed E-state index contributed by atoms with van der Waals surface area (Å²) in [7, 11) is 1.28. The van der Waals surface area contributed by atoms with E-state index in [9.17, 15) is 18.0 Å². The molecule has 1 heterocycles. The molecule has 2 aromatic rings. The van der Waals surface area contributed by atoms with Crippen molar-refractivity contribution in [3.63, 3.8) is 0 Å². The van der Waals surface area contributed by atoms with Gasteiger partial charge in [0.15, 0.2) is 5.69 Å². The van der Waals surface area contributed by atoms with Gasteiger partial charge < -0.3 is 14.2 Å². The molecule has 0 atom stereocenters. The second-order valence-electron chi connectivity index (χ2n) is 5.53. The Bertz CT molecular complexity index is 781. The highest BCUT2D eigenvalue weighted by Crippen LogP contribution is 2.31. The number of hydrogen-bond acceptors (Lipinski definition) is 6. The highest BCUT2D eigenvalue weighted by atomic mass is 19.4. The molecule has 0 N–H and O–H groups in total. The molecule has 0 amide bonds. The van der Waals surface area contributed by atoms with E-state index in [0.717, 1.165) is 0 Å². The smallest absolute Gasteiger partial charge is 0.433 e. The second kappa shape index (κ2) is 9.20. The summed E-state index contributed by atoms with van der Waals surface area (Å²) in [5.74, 6) is -0.699. The summed E-state index contributed by atoms with van der Waals surface area (Å²) in [6.45, 7) is 1.92. The first-order valence-corrected chi connectivity index (χ1v) is 8.19. The quantitative estimate of drug-likeness (QED) is 0.648. The molecule has 0 saturated heterocycles. The van der Waals surface area contributed by atoms with Gasteiger partial charge in [0.2, 0.25) is 5.88 Å². The van der Waals surface area contributed by atoms with E-state index in [1.54, 1.807) is 24.3 Å². The van der Waals surface area contributed by atoms with Crippen molar-refractivity contribution in [2.45, 2.75) is 32.5 Å². The molecule has 0 unspecified atom stereocenters. The number of carbonyl (C=O) groups excluding carboxylic acids is 1. The molecule has 1 aromatic carbocycles. The van der Waals surface area contributed by atoms with Crippen LogP contribution >= 0.6 is 0 Å². The van der Waals surface area contributed by atoms with E-state index < -0.39 is 23.8 Å². The number of nitrogens with zero attached hydrogens (tertiary/aromatic N) is 2. The Balaban J connectivity index is 2.21. The van der Waals surface area contributed by atoms with Crippen molar-refractivity contribution in [3.8, 4) is 11.9 Å². The molecule has 0 radical (unpaired) electrons. The van der Waals surface area contributed by atoms with Crippen molar-refractivity contribution in [2.24, 2.45) is 0 Å². The maximum absolute atomic E-state index is 13.0. The van der Waals surface area contributed by atoms with Gasteiger partial charge >= 0.3 is 18.2 Å². The fourth-order valence-electron chi connectivity index (χ4n) is 2.13. The lowest BCUT2D eigenvalue weighted by Gasteiger charge is -2.13. The molecule has 146 valence electrons. The highest BCUT2D eigenvalue weighted by molar-refractivity contribution is 5.72. The van der Waals surface area contributed by atoms with Gasteiger partial charge in [-0.3, -0.25) is 4.79 Å². The van der Waals surface area contributed by atoms with Gasteiger partial charge in [0, 0.05) is 6.07 Å². The lowest BCUT2D eigenvalue weighted by molar-refractivity contribution is -0.142. The van der Waals surface area contributed by atoms with E-state index >= 15 is 0 Å². The summed E-state index contributed by atoms with van der Waals surface area (Å²) in [6.07, 6.45) is -4.04. The zero-order valence-electron chi connectivity index (χ0n) is 14.9. The lowest BCUT2D eigenvalue weighted by atomic mass is 10.1. The SMILES string of the molecule is CCCOc1nc(OCc2ccccc2CC(=O)OC)cc(C(F)(F)F)n1. The minimum absolute atomic E-state index is 0.0263. The largest absolute Gasteiger partial charge is 0.473 e. The van der Waals surface area contributed by atoms with Crippen LogP contribution in [0.1, 0.15) is 30.2 Å². The first-order valence-electron chi connectivity index (χ1n) is 8.19. The third kappa shape index (κ3) is 6.12. The molecule has 0 saturated carbocycles. The summed E-state index contributed by atoms with van der Waals surface area (Å²) < 4.78 is 54.2. The molecule has 0 fully saturated rings. The number of ether oxygens (including phenoxy) is 3. The standard InChI is InChI=1S/C18H19F3N2O4/c1-3-8-26-17-22-14(18(19,20)21)10-15(23-17)27-11-13-7-5-4-6-12(13)9-16(24)25-2/h4-7,10H,3,8-9,11H2,1-2H3. The minimum atomic E-state index is -4.66. The normalized spacial score (nSPS) is 11.1. The predicted molar refractivity (Wildman–Crippen MR) is 89.3 cm³/mol. The molecule has 0 aliphatic rings. The number of hydrogen-bond donors (Lipinski definition) is 0. The van der Waals surface area contributed by atoms with Crippen LogP contribution in [0, 0.1) is 0 Å².